The zero-order valence-electron chi connectivity index (χ0n) is 10.7. The number of rotatable bonds is 1. The summed E-state index contributed by atoms with van der Waals surface area (Å²) in [7, 11) is 0. The van der Waals surface area contributed by atoms with Crippen LogP contribution >= 0.6 is 0 Å². The molecule has 2 heterocycles. The fourth-order valence-electron chi connectivity index (χ4n) is 2.41. The molecule has 6 nitrogen and oxygen atoms in total. The monoisotopic (exact) mass is 262 g/mol. The van der Waals surface area contributed by atoms with Crippen molar-refractivity contribution in [2.45, 2.75) is 25.9 Å². The van der Waals surface area contributed by atoms with Gasteiger partial charge < -0.3 is 14.4 Å². The highest BCUT2D eigenvalue weighted by atomic mass is 16.7. The number of hydrogen-bond donors (Lipinski definition) is 1. The zero-order chi connectivity index (χ0) is 13.6. The molecule has 2 amide bonds. The molecule has 0 saturated carbocycles. The molecule has 6 heteroatoms. The van der Waals surface area contributed by atoms with Crippen molar-refractivity contribution in [2.24, 2.45) is 0 Å². The molecule has 19 heavy (non-hydrogen) atoms. The number of fused-ring (bicyclic) bond motifs is 1. The molecular formula is C13H14N2O4. The Bertz CT molecular complexity index is 538. The topological polar surface area (TPSA) is 67.9 Å². The van der Waals surface area contributed by atoms with E-state index in [1.807, 2.05) is 6.07 Å². The maximum Gasteiger partial charge on any atom is 0.249 e. The molecule has 2 aliphatic rings. The molecule has 1 aromatic carbocycles. The molecule has 2 unspecified atom stereocenters. The lowest BCUT2D eigenvalue weighted by atomic mass is 10.1. The van der Waals surface area contributed by atoms with E-state index in [-0.39, 0.29) is 18.6 Å². The third kappa shape index (κ3) is 1.80. The van der Waals surface area contributed by atoms with Gasteiger partial charge in [-0.3, -0.25) is 14.9 Å². The minimum absolute atomic E-state index is 0.198. The highest BCUT2D eigenvalue weighted by molar-refractivity contribution is 6.06. The maximum absolute atomic E-state index is 11.7. The first kappa shape index (κ1) is 11.8. The lowest BCUT2D eigenvalue weighted by Crippen LogP contribution is -2.61. The number of anilines is 1. The molecule has 3 rings (SSSR count). The molecule has 1 N–H and O–H groups in total. The summed E-state index contributed by atoms with van der Waals surface area (Å²) in [6, 6.07) is 4.59. The van der Waals surface area contributed by atoms with Crippen LogP contribution in [0.25, 0.3) is 0 Å². The first-order valence-electron chi connectivity index (χ1n) is 6.10. The fourth-order valence-corrected chi connectivity index (χ4v) is 2.41. The van der Waals surface area contributed by atoms with Crippen LogP contribution < -0.4 is 19.7 Å². The van der Waals surface area contributed by atoms with E-state index in [1.165, 1.54) is 0 Å². The van der Waals surface area contributed by atoms with Crippen LogP contribution in [0.1, 0.15) is 13.8 Å². The first-order valence-corrected chi connectivity index (χ1v) is 6.10. The second kappa shape index (κ2) is 4.15. The Balaban J connectivity index is 1.99. The van der Waals surface area contributed by atoms with E-state index in [2.05, 4.69) is 5.32 Å². The van der Waals surface area contributed by atoms with Crippen molar-refractivity contribution in [2.75, 3.05) is 11.7 Å². The van der Waals surface area contributed by atoms with Crippen LogP contribution in [0.15, 0.2) is 18.2 Å². The van der Waals surface area contributed by atoms with Crippen LogP contribution in [-0.4, -0.2) is 30.7 Å². The largest absolute Gasteiger partial charge is 0.454 e. The van der Waals surface area contributed by atoms with Crippen molar-refractivity contribution in [3.63, 3.8) is 0 Å². The molecule has 100 valence electrons. The predicted molar refractivity (Wildman–Crippen MR) is 67.1 cm³/mol. The average Bonchev–Trinajstić information content (AvgIpc) is 2.84. The third-order valence-electron chi connectivity index (χ3n) is 3.49. The van der Waals surface area contributed by atoms with Crippen LogP contribution in [0, 0.1) is 0 Å². The number of ether oxygens (including phenoxy) is 2. The van der Waals surface area contributed by atoms with Gasteiger partial charge in [0.15, 0.2) is 11.5 Å². The number of carbonyl (C=O) groups is 2. The maximum atomic E-state index is 11.7. The molecule has 0 spiro atoms. The van der Waals surface area contributed by atoms with E-state index in [1.54, 1.807) is 30.9 Å². The molecule has 2 atom stereocenters. The number of amides is 2. The Morgan fingerprint density at radius 2 is 1.74 bits per heavy atom. The summed E-state index contributed by atoms with van der Waals surface area (Å²) in [4.78, 5) is 25.3. The Morgan fingerprint density at radius 1 is 1.11 bits per heavy atom. The summed E-state index contributed by atoms with van der Waals surface area (Å²) in [5.41, 5.74) is 0.771. The zero-order valence-corrected chi connectivity index (χ0v) is 10.7. The number of piperazine rings is 1. The fraction of sp³-hybridized carbons (Fsp3) is 0.385. The second-order valence-corrected chi connectivity index (χ2v) is 4.65. The van der Waals surface area contributed by atoms with Crippen molar-refractivity contribution < 1.29 is 19.1 Å². The van der Waals surface area contributed by atoms with Crippen molar-refractivity contribution in [1.29, 1.82) is 0 Å². The van der Waals surface area contributed by atoms with Gasteiger partial charge in [-0.15, -0.1) is 0 Å². The molecule has 1 aromatic rings. The third-order valence-corrected chi connectivity index (χ3v) is 3.49. The van der Waals surface area contributed by atoms with Gasteiger partial charge >= 0.3 is 0 Å². The van der Waals surface area contributed by atoms with Crippen LogP contribution in [0.2, 0.25) is 0 Å². The quantitative estimate of drug-likeness (QED) is 0.753. The number of imide groups is 1. The van der Waals surface area contributed by atoms with Crippen molar-refractivity contribution in [3.05, 3.63) is 18.2 Å². The Hall–Kier alpha value is -2.24. The molecule has 1 fully saturated rings. The van der Waals surface area contributed by atoms with E-state index < -0.39 is 12.1 Å². The lowest BCUT2D eigenvalue weighted by molar-refractivity contribution is -0.134. The minimum atomic E-state index is -0.409. The van der Waals surface area contributed by atoms with Gasteiger partial charge in [0, 0.05) is 11.8 Å². The Morgan fingerprint density at radius 3 is 2.42 bits per heavy atom. The van der Waals surface area contributed by atoms with Gasteiger partial charge in [-0.05, 0) is 26.0 Å². The average molecular weight is 262 g/mol. The number of hydrogen-bond acceptors (Lipinski definition) is 5. The predicted octanol–water partition coefficient (Wildman–Crippen LogP) is 0.655. The normalized spacial score (nSPS) is 25.5. The van der Waals surface area contributed by atoms with Crippen LogP contribution in [-0.2, 0) is 9.59 Å². The van der Waals surface area contributed by atoms with Crippen molar-refractivity contribution >= 4 is 17.5 Å². The van der Waals surface area contributed by atoms with E-state index in [9.17, 15) is 9.59 Å². The van der Waals surface area contributed by atoms with Crippen molar-refractivity contribution in [3.8, 4) is 11.5 Å². The number of nitrogens with one attached hydrogen (secondary N) is 1. The van der Waals surface area contributed by atoms with E-state index in [0.717, 1.165) is 5.69 Å². The second-order valence-electron chi connectivity index (χ2n) is 4.65. The molecular weight excluding hydrogens is 248 g/mol. The molecule has 2 aliphatic heterocycles. The van der Waals surface area contributed by atoms with E-state index in [4.69, 9.17) is 9.47 Å². The SMILES string of the molecule is CC1C(=O)NC(=O)C(C)N1c1ccc2c(c1)OCO2. The summed E-state index contributed by atoms with van der Waals surface area (Å²) in [5, 5.41) is 2.36. The van der Waals surface area contributed by atoms with Crippen LogP contribution in [0.5, 0.6) is 11.5 Å². The number of carbonyl (C=O) groups excluding carboxylic acids is 2. The highest BCUT2D eigenvalue weighted by Crippen LogP contribution is 2.36. The van der Waals surface area contributed by atoms with Gasteiger partial charge in [-0.1, -0.05) is 0 Å². The van der Waals surface area contributed by atoms with Gasteiger partial charge in [0.05, 0.1) is 0 Å². The summed E-state index contributed by atoms with van der Waals surface area (Å²) < 4.78 is 10.6. The van der Waals surface area contributed by atoms with Gasteiger partial charge in [0.2, 0.25) is 18.6 Å². The molecule has 0 radical (unpaired) electrons. The van der Waals surface area contributed by atoms with Crippen molar-refractivity contribution in [1.82, 2.24) is 5.32 Å². The van der Waals surface area contributed by atoms with Gasteiger partial charge in [-0.25, -0.2) is 0 Å². The standard InChI is InChI=1S/C13H14N2O4/c1-7-12(16)14-13(17)8(2)15(7)9-3-4-10-11(5-9)19-6-18-10/h3-5,7-8H,6H2,1-2H3,(H,14,16,17). The lowest BCUT2D eigenvalue weighted by Gasteiger charge is -2.38. The molecule has 0 aliphatic carbocycles. The van der Waals surface area contributed by atoms with Crippen LogP contribution in [0.3, 0.4) is 0 Å². The summed E-state index contributed by atoms with van der Waals surface area (Å²) in [6.45, 7) is 3.73. The molecule has 0 aromatic heterocycles. The van der Waals surface area contributed by atoms with Crippen LogP contribution in [0.4, 0.5) is 5.69 Å². The van der Waals surface area contributed by atoms with Gasteiger partial charge in [0.1, 0.15) is 12.1 Å². The minimum Gasteiger partial charge on any atom is -0.454 e. The Labute approximate surface area is 110 Å². The molecule has 0 bridgehead atoms. The number of benzene rings is 1. The van der Waals surface area contributed by atoms with Gasteiger partial charge in [-0.2, -0.15) is 0 Å². The first-order chi connectivity index (χ1) is 9.08. The summed E-state index contributed by atoms with van der Waals surface area (Å²) in [5.74, 6) is 0.730. The van der Waals surface area contributed by atoms with E-state index >= 15 is 0 Å². The summed E-state index contributed by atoms with van der Waals surface area (Å²) in [6.07, 6.45) is 0. The smallest absolute Gasteiger partial charge is 0.249 e. The number of nitrogens with zero attached hydrogens (tertiary/aromatic N) is 1. The van der Waals surface area contributed by atoms with Gasteiger partial charge in [0.25, 0.3) is 0 Å². The highest BCUT2D eigenvalue weighted by Gasteiger charge is 2.36. The van der Waals surface area contributed by atoms with E-state index in [0.29, 0.717) is 11.5 Å². The Kier molecular flexibility index (Phi) is 2.58. The summed E-state index contributed by atoms with van der Waals surface area (Å²) >= 11 is 0. The molecule has 1 saturated heterocycles.